The van der Waals surface area contributed by atoms with E-state index in [0.29, 0.717) is 12.3 Å². The number of ether oxygens (including phenoxy) is 1. The summed E-state index contributed by atoms with van der Waals surface area (Å²) in [6, 6.07) is 8.43. The molecule has 0 saturated carbocycles. The number of phenolic OH excluding ortho intramolecular Hbond substituents is 1. The Hall–Kier alpha value is -2.18. The first-order chi connectivity index (χ1) is 10.9. The van der Waals surface area contributed by atoms with E-state index in [1.807, 2.05) is 0 Å². The molecule has 4 nitrogen and oxygen atoms in total. The molecule has 0 bridgehead atoms. The van der Waals surface area contributed by atoms with Gasteiger partial charge in [0.1, 0.15) is 11.6 Å². The summed E-state index contributed by atoms with van der Waals surface area (Å²) in [5, 5.41) is 19.8. The van der Waals surface area contributed by atoms with E-state index in [1.165, 1.54) is 13.2 Å². The Bertz CT molecular complexity index is 659. The number of aliphatic hydroxyl groups excluding tert-OH is 1. The Labute approximate surface area is 133 Å². The molecular weight excluding hydrogens is 304 g/mol. The lowest BCUT2D eigenvalue weighted by molar-refractivity contribution is 0.117. The van der Waals surface area contributed by atoms with Gasteiger partial charge in [-0.25, -0.2) is 8.78 Å². The second-order valence-corrected chi connectivity index (χ2v) is 5.35. The van der Waals surface area contributed by atoms with Crippen molar-refractivity contribution < 1.29 is 23.7 Å². The maximum atomic E-state index is 13.6. The van der Waals surface area contributed by atoms with Crippen molar-refractivity contribution in [2.24, 2.45) is 0 Å². The minimum Gasteiger partial charge on any atom is -0.504 e. The van der Waals surface area contributed by atoms with Crippen LogP contribution in [0, 0.1) is 11.6 Å². The molecule has 0 amide bonds. The molecule has 2 aromatic rings. The average Bonchev–Trinajstić information content (AvgIpc) is 2.47. The summed E-state index contributed by atoms with van der Waals surface area (Å²) in [7, 11) is 3.17. The van der Waals surface area contributed by atoms with Gasteiger partial charge in [-0.1, -0.05) is 12.1 Å². The Morgan fingerprint density at radius 3 is 2.39 bits per heavy atom. The Balaban J connectivity index is 2.04. The molecule has 2 rings (SSSR count). The van der Waals surface area contributed by atoms with Gasteiger partial charge in [0.2, 0.25) is 0 Å². The second kappa shape index (κ2) is 7.39. The van der Waals surface area contributed by atoms with Crippen molar-refractivity contribution in [1.29, 1.82) is 0 Å². The number of methoxy groups -OCH3 is 1. The fourth-order valence-electron chi connectivity index (χ4n) is 2.43. The smallest absolute Gasteiger partial charge is 0.160 e. The van der Waals surface area contributed by atoms with Crippen molar-refractivity contribution in [2.75, 3.05) is 20.7 Å². The molecule has 2 N–H and O–H groups in total. The zero-order valence-corrected chi connectivity index (χ0v) is 13.0. The number of rotatable bonds is 6. The highest BCUT2D eigenvalue weighted by molar-refractivity contribution is 5.41. The van der Waals surface area contributed by atoms with Crippen LogP contribution < -0.4 is 4.74 Å². The normalized spacial score (nSPS) is 12.4. The van der Waals surface area contributed by atoms with E-state index in [4.69, 9.17) is 4.74 Å². The molecule has 1 unspecified atom stereocenters. The SMILES string of the molecule is COc1ccc(CN(C)CC(O)c2c(F)cccc2F)cc1O. The van der Waals surface area contributed by atoms with Crippen LogP contribution in [0.4, 0.5) is 8.78 Å². The van der Waals surface area contributed by atoms with Crippen molar-refractivity contribution in [3.05, 3.63) is 59.2 Å². The first-order valence-electron chi connectivity index (χ1n) is 7.08. The molecule has 0 aliphatic rings. The summed E-state index contributed by atoms with van der Waals surface area (Å²) >= 11 is 0. The van der Waals surface area contributed by atoms with Crippen LogP contribution in [0.1, 0.15) is 17.2 Å². The number of hydrogen-bond acceptors (Lipinski definition) is 4. The van der Waals surface area contributed by atoms with Crippen LogP contribution in [0.25, 0.3) is 0 Å². The second-order valence-electron chi connectivity index (χ2n) is 5.35. The number of benzene rings is 2. The van der Waals surface area contributed by atoms with Crippen molar-refractivity contribution in [3.8, 4) is 11.5 Å². The maximum Gasteiger partial charge on any atom is 0.160 e. The lowest BCUT2D eigenvalue weighted by atomic mass is 10.1. The maximum absolute atomic E-state index is 13.6. The molecule has 0 fully saturated rings. The van der Waals surface area contributed by atoms with Crippen LogP contribution in [0.5, 0.6) is 11.5 Å². The van der Waals surface area contributed by atoms with Gasteiger partial charge in [-0.2, -0.15) is 0 Å². The molecule has 23 heavy (non-hydrogen) atoms. The number of hydrogen-bond donors (Lipinski definition) is 2. The molecule has 0 heterocycles. The molecule has 0 aromatic heterocycles. The first kappa shape index (κ1) is 17.2. The summed E-state index contributed by atoms with van der Waals surface area (Å²) in [5.74, 6) is -1.16. The Kier molecular flexibility index (Phi) is 5.52. The molecule has 6 heteroatoms. The summed E-state index contributed by atoms with van der Waals surface area (Å²) in [5.41, 5.74) is 0.448. The molecule has 1 atom stereocenters. The van der Waals surface area contributed by atoms with Crippen molar-refractivity contribution in [1.82, 2.24) is 4.90 Å². The predicted octanol–water partition coefficient (Wildman–Crippen LogP) is 2.84. The molecule has 0 saturated heterocycles. The van der Waals surface area contributed by atoms with Gasteiger partial charge in [0, 0.05) is 13.1 Å². The molecule has 0 aliphatic carbocycles. The van der Waals surface area contributed by atoms with Crippen LogP contribution in [-0.2, 0) is 6.54 Å². The lowest BCUT2D eigenvalue weighted by Crippen LogP contribution is -2.25. The van der Waals surface area contributed by atoms with E-state index in [9.17, 15) is 19.0 Å². The average molecular weight is 323 g/mol. The van der Waals surface area contributed by atoms with E-state index in [2.05, 4.69) is 0 Å². The van der Waals surface area contributed by atoms with E-state index in [-0.39, 0.29) is 17.9 Å². The third-order valence-corrected chi connectivity index (χ3v) is 3.51. The zero-order chi connectivity index (χ0) is 17.0. The molecule has 2 aromatic carbocycles. The van der Waals surface area contributed by atoms with Crippen LogP contribution in [0.2, 0.25) is 0 Å². The molecule has 0 aliphatic heterocycles. The number of likely N-dealkylation sites (N-methyl/N-ethyl adjacent to an activating group) is 1. The van der Waals surface area contributed by atoms with E-state index in [1.54, 1.807) is 30.1 Å². The summed E-state index contributed by atoms with van der Waals surface area (Å²) in [6.45, 7) is 0.440. The van der Waals surface area contributed by atoms with E-state index >= 15 is 0 Å². The Morgan fingerprint density at radius 1 is 1.17 bits per heavy atom. The van der Waals surface area contributed by atoms with Crippen LogP contribution in [0.3, 0.4) is 0 Å². The van der Waals surface area contributed by atoms with Gasteiger partial charge in [-0.3, -0.25) is 4.90 Å². The van der Waals surface area contributed by atoms with Gasteiger partial charge < -0.3 is 14.9 Å². The summed E-state index contributed by atoms with van der Waals surface area (Å²) < 4.78 is 32.3. The van der Waals surface area contributed by atoms with Gasteiger partial charge in [-0.05, 0) is 36.9 Å². The van der Waals surface area contributed by atoms with Gasteiger partial charge in [0.25, 0.3) is 0 Å². The van der Waals surface area contributed by atoms with Gasteiger partial charge in [-0.15, -0.1) is 0 Å². The van der Waals surface area contributed by atoms with Gasteiger partial charge >= 0.3 is 0 Å². The monoisotopic (exact) mass is 323 g/mol. The summed E-state index contributed by atoms with van der Waals surface area (Å²) in [4.78, 5) is 1.71. The highest BCUT2D eigenvalue weighted by Crippen LogP contribution is 2.27. The van der Waals surface area contributed by atoms with Crippen molar-refractivity contribution in [2.45, 2.75) is 12.6 Å². The molecule has 124 valence electrons. The molecule has 0 radical (unpaired) electrons. The highest BCUT2D eigenvalue weighted by Gasteiger charge is 2.19. The third kappa shape index (κ3) is 4.18. The van der Waals surface area contributed by atoms with Crippen LogP contribution >= 0.6 is 0 Å². The minimum absolute atomic E-state index is 0.0131. The van der Waals surface area contributed by atoms with Crippen molar-refractivity contribution in [3.63, 3.8) is 0 Å². The predicted molar refractivity (Wildman–Crippen MR) is 82.3 cm³/mol. The molecule has 0 spiro atoms. The fourth-order valence-corrected chi connectivity index (χ4v) is 2.43. The Morgan fingerprint density at radius 2 is 1.83 bits per heavy atom. The van der Waals surface area contributed by atoms with E-state index < -0.39 is 17.7 Å². The zero-order valence-electron chi connectivity index (χ0n) is 13.0. The fraction of sp³-hybridized carbons (Fsp3) is 0.294. The number of aromatic hydroxyl groups is 1. The van der Waals surface area contributed by atoms with Gasteiger partial charge in [0.15, 0.2) is 11.5 Å². The van der Waals surface area contributed by atoms with E-state index in [0.717, 1.165) is 17.7 Å². The highest BCUT2D eigenvalue weighted by atomic mass is 19.1. The first-order valence-corrected chi connectivity index (χ1v) is 7.08. The minimum atomic E-state index is -1.28. The third-order valence-electron chi connectivity index (χ3n) is 3.51. The van der Waals surface area contributed by atoms with Gasteiger partial charge in [0.05, 0.1) is 18.8 Å². The van der Waals surface area contributed by atoms with Crippen LogP contribution in [-0.4, -0.2) is 35.8 Å². The number of phenols is 1. The summed E-state index contributed by atoms with van der Waals surface area (Å²) in [6.07, 6.45) is -1.28. The standard InChI is InChI=1S/C17H19F2NO3/c1-20(9-11-6-7-16(23-2)14(21)8-11)10-15(22)17-12(18)4-3-5-13(17)19/h3-8,15,21-22H,9-10H2,1-2H3. The topological polar surface area (TPSA) is 52.9 Å². The number of aliphatic hydroxyl groups is 1. The number of nitrogens with zero attached hydrogens (tertiary/aromatic N) is 1. The van der Waals surface area contributed by atoms with Crippen molar-refractivity contribution >= 4 is 0 Å². The quantitative estimate of drug-likeness (QED) is 0.858. The lowest BCUT2D eigenvalue weighted by Gasteiger charge is -2.21. The molecular formula is C17H19F2NO3. The largest absolute Gasteiger partial charge is 0.504 e. The number of halogens is 2. The van der Waals surface area contributed by atoms with Crippen LogP contribution in [0.15, 0.2) is 36.4 Å².